The molecule has 0 aromatic carbocycles. The Morgan fingerprint density at radius 3 is 3.17 bits per heavy atom. The fraction of sp³-hybridized carbons (Fsp3) is 0.556. The van der Waals surface area contributed by atoms with E-state index >= 15 is 0 Å². The van der Waals surface area contributed by atoms with Gasteiger partial charge in [0.25, 0.3) is 0 Å². The molecule has 3 heteroatoms. The molecule has 0 fully saturated rings. The summed E-state index contributed by atoms with van der Waals surface area (Å²) in [5.41, 5.74) is 1.21. The maximum Gasteiger partial charge on any atom is 0.0731 e. The molecule has 0 aliphatic carbocycles. The minimum atomic E-state index is 0.715. The highest BCUT2D eigenvalue weighted by Gasteiger charge is 1.91. The van der Waals surface area contributed by atoms with Crippen LogP contribution in [0.1, 0.15) is 12.0 Å². The van der Waals surface area contributed by atoms with Crippen LogP contribution in [0.3, 0.4) is 0 Å². The average Bonchev–Trinajstić information content (AvgIpc) is 2.57. The van der Waals surface area contributed by atoms with E-state index in [1.807, 2.05) is 25.5 Å². The molecule has 1 rings (SSSR count). The summed E-state index contributed by atoms with van der Waals surface area (Å²) in [6.45, 7) is 2.56. The number of aromatic nitrogens is 1. The molecule has 1 aromatic heterocycles. The number of nitrogens with one attached hydrogen (secondary N) is 2. The Kier molecular flexibility index (Phi) is 4.49. The number of hydrogen-bond acceptors (Lipinski definition) is 2. The van der Waals surface area contributed by atoms with Gasteiger partial charge in [0.1, 0.15) is 0 Å². The summed E-state index contributed by atoms with van der Waals surface area (Å²) in [7, 11) is 1.95. The molecule has 68 valence electrons. The summed E-state index contributed by atoms with van der Waals surface area (Å²) < 4.78 is 5.42. The third-order valence-corrected chi connectivity index (χ3v) is 1.65. The van der Waals surface area contributed by atoms with Crippen molar-refractivity contribution in [2.45, 2.75) is 13.0 Å². The lowest BCUT2D eigenvalue weighted by Crippen LogP contribution is -2.10. The summed E-state index contributed by atoms with van der Waals surface area (Å²) in [4.78, 5) is 2.99. The van der Waals surface area contributed by atoms with Gasteiger partial charge >= 0.3 is 0 Å². The average molecular weight is 168 g/mol. The van der Waals surface area contributed by atoms with Gasteiger partial charge in [-0.2, -0.15) is 0 Å². The van der Waals surface area contributed by atoms with Crippen molar-refractivity contribution in [2.75, 3.05) is 20.2 Å². The second kappa shape index (κ2) is 5.80. The number of aromatic amines is 1. The summed E-state index contributed by atoms with van der Waals surface area (Å²) in [5.74, 6) is 0. The molecule has 0 radical (unpaired) electrons. The monoisotopic (exact) mass is 168 g/mol. The van der Waals surface area contributed by atoms with Crippen LogP contribution in [-0.4, -0.2) is 25.2 Å². The number of hydrogen-bond donors (Lipinski definition) is 2. The van der Waals surface area contributed by atoms with E-state index in [-0.39, 0.29) is 0 Å². The molecule has 0 aliphatic rings. The Hall–Kier alpha value is -0.800. The second-order valence-corrected chi connectivity index (χ2v) is 2.73. The lowest BCUT2D eigenvalue weighted by atomic mass is 10.4. The van der Waals surface area contributed by atoms with Crippen molar-refractivity contribution in [3.8, 4) is 0 Å². The smallest absolute Gasteiger partial charge is 0.0731 e. The molecule has 0 spiro atoms. The predicted molar refractivity (Wildman–Crippen MR) is 49.0 cm³/mol. The molecule has 0 aliphatic heterocycles. The van der Waals surface area contributed by atoms with Gasteiger partial charge in [-0.25, -0.2) is 0 Å². The first-order valence-electron chi connectivity index (χ1n) is 4.27. The SMILES string of the molecule is CNCCCOCc1cc[nH]c1. The van der Waals surface area contributed by atoms with E-state index in [0.29, 0.717) is 6.61 Å². The van der Waals surface area contributed by atoms with Gasteiger partial charge in [-0.3, -0.25) is 0 Å². The van der Waals surface area contributed by atoms with Gasteiger partial charge in [0.05, 0.1) is 6.61 Å². The minimum Gasteiger partial charge on any atom is -0.377 e. The summed E-state index contributed by atoms with van der Waals surface area (Å²) in [6.07, 6.45) is 4.94. The van der Waals surface area contributed by atoms with Crippen LogP contribution >= 0.6 is 0 Å². The summed E-state index contributed by atoms with van der Waals surface area (Å²) in [6, 6.07) is 2.03. The highest BCUT2D eigenvalue weighted by Crippen LogP contribution is 1.98. The van der Waals surface area contributed by atoms with Crippen LogP contribution in [0.2, 0.25) is 0 Å². The molecule has 0 amide bonds. The Bertz CT molecular complexity index is 184. The molecule has 3 nitrogen and oxygen atoms in total. The van der Waals surface area contributed by atoms with Crippen molar-refractivity contribution in [1.82, 2.24) is 10.3 Å². The predicted octanol–water partition coefficient (Wildman–Crippen LogP) is 1.14. The lowest BCUT2D eigenvalue weighted by molar-refractivity contribution is 0.119. The highest BCUT2D eigenvalue weighted by molar-refractivity contribution is 5.06. The quantitative estimate of drug-likeness (QED) is 0.625. The van der Waals surface area contributed by atoms with E-state index in [4.69, 9.17) is 4.74 Å². The van der Waals surface area contributed by atoms with Crippen molar-refractivity contribution in [2.24, 2.45) is 0 Å². The van der Waals surface area contributed by atoms with E-state index in [9.17, 15) is 0 Å². The number of ether oxygens (including phenoxy) is 1. The molecule has 0 saturated carbocycles. The Morgan fingerprint density at radius 1 is 1.58 bits per heavy atom. The molecule has 12 heavy (non-hydrogen) atoms. The Labute approximate surface area is 73.1 Å². The van der Waals surface area contributed by atoms with Gasteiger partial charge < -0.3 is 15.0 Å². The van der Waals surface area contributed by atoms with Crippen LogP contribution in [0.4, 0.5) is 0 Å². The standard InChI is InChI=1S/C9H16N2O/c1-10-4-2-6-12-8-9-3-5-11-7-9/h3,5,7,10-11H,2,4,6,8H2,1H3. The van der Waals surface area contributed by atoms with E-state index in [0.717, 1.165) is 19.6 Å². The fourth-order valence-electron chi connectivity index (χ4n) is 0.989. The van der Waals surface area contributed by atoms with Crippen molar-refractivity contribution in [3.63, 3.8) is 0 Å². The van der Waals surface area contributed by atoms with Gasteiger partial charge in [-0.1, -0.05) is 0 Å². The minimum absolute atomic E-state index is 0.715. The third-order valence-electron chi connectivity index (χ3n) is 1.65. The fourth-order valence-corrected chi connectivity index (χ4v) is 0.989. The van der Waals surface area contributed by atoms with Crippen LogP contribution < -0.4 is 5.32 Å². The molecule has 2 N–H and O–H groups in total. The van der Waals surface area contributed by atoms with E-state index in [1.54, 1.807) is 0 Å². The van der Waals surface area contributed by atoms with E-state index < -0.39 is 0 Å². The van der Waals surface area contributed by atoms with Gasteiger partial charge in [-0.15, -0.1) is 0 Å². The lowest BCUT2D eigenvalue weighted by Gasteiger charge is -2.01. The zero-order valence-electron chi connectivity index (χ0n) is 7.47. The Balaban J connectivity index is 1.96. The third kappa shape index (κ3) is 3.55. The van der Waals surface area contributed by atoms with Gasteiger partial charge in [0, 0.05) is 19.0 Å². The zero-order chi connectivity index (χ0) is 8.65. The maximum atomic E-state index is 5.42. The van der Waals surface area contributed by atoms with Crippen molar-refractivity contribution in [1.29, 1.82) is 0 Å². The van der Waals surface area contributed by atoms with Crippen LogP contribution in [-0.2, 0) is 11.3 Å². The van der Waals surface area contributed by atoms with Crippen molar-refractivity contribution < 1.29 is 4.74 Å². The first kappa shape index (κ1) is 9.29. The van der Waals surface area contributed by atoms with Gasteiger partial charge in [0.2, 0.25) is 0 Å². The molecule has 1 heterocycles. The topological polar surface area (TPSA) is 37.0 Å². The van der Waals surface area contributed by atoms with Crippen molar-refractivity contribution in [3.05, 3.63) is 24.0 Å². The largest absolute Gasteiger partial charge is 0.377 e. The normalized spacial score (nSPS) is 10.4. The summed E-state index contributed by atoms with van der Waals surface area (Å²) in [5, 5.41) is 3.08. The van der Waals surface area contributed by atoms with Gasteiger partial charge in [0.15, 0.2) is 0 Å². The molecule has 0 saturated heterocycles. The van der Waals surface area contributed by atoms with Crippen LogP contribution in [0.15, 0.2) is 18.5 Å². The van der Waals surface area contributed by atoms with Crippen LogP contribution in [0, 0.1) is 0 Å². The molecule has 0 bridgehead atoms. The highest BCUT2D eigenvalue weighted by atomic mass is 16.5. The first-order valence-corrected chi connectivity index (χ1v) is 4.27. The summed E-state index contributed by atoms with van der Waals surface area (Å²) >= 11 is 0. The first-order chi connectivity index (χ1) is 5.93. The molecule has 1 aromatic rings. The Morgan fingerprint density at radius 2 is 2.50 bits per heavy atom. The second-order valence-electron chi connectivity index (χ2n) is 2.73. The van der Waals surface area contributed by atoms with Gasteiger partial charge in [-0.05, 0) is 31.6 Å². The maximum absolute atomic E-state index is 5.42. The number of H-pyrrole nitrogens is 1. The number of rotatable bonds is 6. The molecule has 0 atom stereocenters. The van der Waals surface area contributed by atoms with E-state index in [1.165, 1.54) is 5.56 Å². The van der Waals surface area contributed by atoms with E-state index in [2.05, 4.69) is 10.3 Å². The molecular weight excluding hydrogens is 152 g/mol. The van der Waals surface area contributed by atoms with Crippen LogP contribution in [0.25, 0.3) is 0 Å². The molecular formula is C9H16N2O. The van der Waals surface area contributed by atoms with Crippen molar-refractivity contribution >= 4 is 0 Å². The van der Waals surface area contributed by atoms with Crippen LogP contribution in [0.5, 0.6) is 0 Å². The molecule has 0 unspecified atom stereocenters. The zero-order valence-corrected chi connectivity index (χ0v) is 7.47.